The number of aromatic nitrogens is 2. The number of methoxy groups -OCH3 is 1. The van der Waals surface area contributed by atoms with Crippen molar-refractivity contribution in [2.24, 2.45) is 0 Å². The third kappa shape index (κ3) is 3.81. The Labute approximate surface area is 169 Å². The molecular weight excluding hydrogens is 368 g/mol. The molecule has 1 aliphatic rings. The fourth-order valence-corrected chi connectivity index (χ4v) is 3.72. The molecule has 3 aromatic rings. The third-order valence-corrected chi connectivity index (χ3v) is 5.41. The van der Waals surface area contributed by atoms with Gasteiger partial charge < -0.3 is 14.5 Å². The molecule has 7 nitrogen and oxygen atoms in total. The molecular formula is C22H24N4O3. The molecule has 1 fully saturated rings. The Morgan fingerprint density at radius 3 is 2.62 bits per heavy atom. The monoisotopic (exact) mass is 392 g/mol. The Kier molecular flexibility index (Phi) is 5.20. The molecule has 2 aromatic carbocycles. The van der Waals surface area contributed by atoms with Crippen LogP contribution in [0.2, 0.25) is 0 Å². The lowest BCUT2D eigenvalue weighted by Crippen LogP contribution is -2.50. The van der Waals surface area contributed by atoms with Gasteiger partial charge in [-0.3, -0.25) is 14.2 Å². The Balaban J connectivity index is 1.43. The number of nitrogens with zero attached hydrogens (tertiary/aromatic N) is 4. The first-order chi connectivity index (χ1) is 14.1. The number of rotatable bonds is 4. The predicted octanol–water partition coefficient (Wildman–Crippen LogP) is 2.06. The van der Waals surface area contributed by atoms with Crippen molar-refractivity contribution in [3.8, 4) is 5.75 Å². The summed E-state index contributed by atoms with van der Waals surface area (Å²) in [7, 11) is 1.65. The summed E-state index contributed by atoms with van der Waals surface area (Å²) in [5, 5.41) is 0.545. The molecule has 150 valence electrons. The lowest BCUT2D eigenvalue weighted by molar-refractivity contribution is -0.132. The summed E-state index contributed by atoms with van der Waals surface area (Å²) in [6, 6.07) is 13.4. The van der Waals surface area contributed by atoms with Gasteiger partial charge in [0.15, 0.2) is 0 Å². The van der Waals surface area contributed by atoms with E-state index in [4.69, 9.17) is 4.74 Å². The topological polar surface area (TPSA) is 67.7 Å². The number of para-hydroxylation sites is 1. The molecule has 0 saturated carbocycles. The number of hydrogen-bond donors (Lipinski definition) is 0. The molecule has 29 heavy (non-hydrogen) atoms. The minimum absolute atomic E-state index is 0.00880. The van der Waals surface area contributed by atoms with Crippen LogP contribution in [0.4, 0.5) is 5.69 Å². The SMILES string of the molecule is COc1cccc(N2CCN(C(=O)Cn3cnc4c(C)cccc4c3=O)CC2)c1. The summed E-state index contributed by atoms with van der Waals surface area (Å²) in [4.78, 5) is 33.9. The molecule has 1 aliphatic heterocycles. The number of aryl methyl sites for hydroxylation is 1. The van der Waals surface area contributed by atoms with E-state index in [0.29, 0.717) is 24.0 Å². The molecule has 0 radical (unpaired) electrons. The maximum Gasteiger partial charge on any atom is 0.261 e. The first-order valence-corrected chi connectivity index (χ1v) is 9.68. The van der Waals surface area contributed by atoms with Crippen molar-refractivity contribution >= 4 is 22.5 Å². The molecule has 1 amide bonds. The van der Waals surface area contributed by atoms with E-state index in [1.807, 2.05) is 48.2 Å². The van der Waals surface area contributed by atoms with Crippen LogP contribution in [0.1, 0.15) is 5.56 Å². The van der Waals surface area contributed by atoms with Crippen molar-refractivity contribution in [2.45, 2.75) is 13.5 Å². The van der Waals surface area contributed by atoms with E-state index in [-0.39, 0.29) is 18.0 Å². The average Bonchev–Trinajstić information content (AvgIpc) is 2.76. The Morgan fingerprint density at radius 1 is 1.10 bits per heavy atom. The van der Waals surface area contributed by atoms with Gasteiger partial charge in [-0.05, 0) is 30.7 Å². The highest BCUT2D eigenvalue weighted by Crippen LogP contribution is 2.22. The van der Waals surface area contributed by atoms with Crippen LogP contribution in [0.15, 0.2) is 53.6 Å². The highest BCUT2D eigenvalue weighted by Gasteiger charge is 2.22. The number of fused-ring (bicyclic) bond motifs is 1. The fourth-order valence-electron chi connectivity index (χ4n) is 3.72. The van der Waals surface area contributed by atoms with E-state index < -0.39 is 0 Å². The van der Waals surface area contributed by atoms with Crippen LogP contribution >= 0.6 is 0 Å². The summed E-state index contributed by atoms with van der Waals surface area (Å²) >= 11 is 0. The average molecular weight is 392 g/mol. The van der Waals surface area contributed by atoms with E-state index >= 15 is 0 Å². The molecule has 0 N–H and O–H groups in total. The van der Waals surface area contributed by atoms with Gasteiger partial charge in [-0.15, -0.1) is 0 Å². The van der Waals surface area contributed by atoms with Crippen LogP contribution in [0.3, 0.4) is 0 Å². The molecule has 0 aliphatic carbocycles. The highest BCUT2D eigenvalue weighted by atomic mass is 16.5. The van der Waals surface area contributed by atoms with Crippen LogP contribution in [-0.2, 0) is 11.3 Å². The number of piperazine rings is 1. The van der Waals surface area contributed by atoms with Crippen molar-refractivity contribution in [1.82, 2.24) is 14.5 Å². The number of ether oxygens (including phenoxy) is 1. The number of carbonyl (C=O) groups excluding carboxylic acids is 1. The second-order valence-electron chi connectivity index (χ2n) is 7.22. The van der Waals surface area contributed by atoms with Crippen LogP contribution in [-0.4, -0.2) is 53.6 Å². The largest absolute Gasteiger partial charge is 0.497 e. The molecule has 0 atom stereocenters. The molecule has 1 saturated heterocycles. The number of benzene rings is 2. The van der Waals surface area contributed by atoms with Gasteiger partial charge in [-0.2, -0.15) is 0 Å². The number of carbonyl (C=O) groups is 1. The Morgan fingerprint density at radius 2 is 1.86 bits per heavy atom. The van der Waals surface area contributed by atoms with Gasteiger partial charge >= 0.3 is 0 Å². The van der Waals surface area contributed by atoms with E-state index in [1.165, 1.54) is 10.9 Å². The van der Waals surface area contributed by atoms with E-state index in [2.05, 4.69) is 9.88 Å². The van der Waals surface area contributed by atoms with Crippen LogP contribution < -0.4 is 15.2 Å². The summed E-state index contributed by atoms with van der Waals surface area (Å²) in [6.07, 6.45) is 1.47. The maximum atomic E-state index is 12.8. The van der Waals surface area contributed by atoms with Crippen molar-refractivity contribution in [3.63, 3.8) is 0 Å². The van der Waals surface area contributed by atoms with Crippen LogP contribution in [0, 0.1) is 6.92 Å². The molecule has 7 heteroatoms. The van der Waals surface area contributed by atoms with Gasteiger partial charge in [-0.25, -0.2) is 4.98 Å². The van der Waals surface area contributed by atoms with Crippen molar-refractivity contribution in [1.29, 1.82) is 0 Å². The van der Waals surface area contributed by atoms with Gasteiger partial charge in [0.25, 0.3) is 5.56 Å². The lowest BCUT2D eigenvalue weighted by atomic mass is 10.1. The zero-order valence-corrected chi connectivity index (χ0v) is 16.7. The van der Waals surface area contributed by atoms with Gasteiger partial charge in [0, 0.05) is 37.9 Å². The number of anilines is 1. The number of hydrogen-bond acceptors (Lipinski definition) is 5. The van der Waals surface area contributed by atoms with Crippen molar-refractivity contribution in [2.75, 3.05) is 38.2 Å². The van der Waals surface area contributed by atoms with E-state index in [0.717, 1.165) is 30.1 Å². The smallest absolute Gasteiger partial charge is 0.261 e. The second kappa shape index (κ2) is 7.95. The Bertz CT molecular complexity index is 1100. The molecule has 4 rings (SSSR count). The predicted molar refractivity (Wildman–Crippen MR) is 113 cm³/mol. The minimum atomic E-state index is -0.179. The van der Waals surface area contributed by atoms with E-state index in [1.54, 1.807) is 13.2 Å². The quantitative estimate of drug-likeness (QED) is 0.680. The maximum absolute atomic E-state index is 12.8. The Hall–Kier alpha value is -3.35. The zero-order valence-electron chi connectivity index (χ0n) is 16.7. The van der Waals surface area contributed by atoms with Gasteiger partial charge in [0.05, 0.1) is 24.3 Å². The van der Waals surface area contributed by atoms with Crippen molar-refractivity contribution in [3.05, 3.63) is 64.7 Å². The lowest BCUT2D eigenvalue weighted by Gasteiger charge is -2.36. The standard InChI is InChI=1S/C22H24N4O3/c1-16-5-3-8-19-21(16)23-15-26(22(19)28)14-20(27)25-11-9-24(10-12-25)17-6-4-7-18(13-17)29-2/h3-8,13,15H,9-12,14H2,1-2H3. The number of amides is 1. The highest BCUT2D eigenvalue weighted by molar-refractivity contribution is 5.81. The van der Waals surface area contributed by atoms with Gasteiger partial charge in [0.2, 0.25) is 5.91 Å². The summed E-state index contributed by atoms with van der Waals surface area (Å²) < 4.78 is 6.69. The van der Waals surface area contributed by atoms with Crippen LogP contribution in [0.5, 0.6) is 5.75 Å². The molecule has 1 aromatic heterocycles. The summed E-state index contributed by atoms with van der Waals surface area (Å²) in [5.41, 5.74) is 2.55. The van der Waals surface area contributed by atoms with Gasteiger partial charge in [0.1, 0.15) is 12.3 Å². The normalized spacial score (nSPS) is 14.3. The second-order valence-corrected chi connectivity index (χ2v) is 7.22. The molecule has 0 unspecified atom stereocenters. The van der Waals surface area contributed by atoms with Crippen molar-refractivity contribution < 1.29 is 9.53 Å². The summed E-state index contributed by atoms with van der Waals surface area (Å²) in [5.74, 6) is 0.755. The zero-order chi connectivity index (χ0) is 20.4. The summed E-state index contributed by atoms with van der Waals surface area (Å²) in [6.45, 7) is 4.64. The van der Waals surface area contributed by atoms with Crippen LogP contribution in [0.25, 0.3) is 10.9 Å². The molecule has 2 heterocycles. The third-order valence-electron chi connectivity index (χ3n) is 5.41. The first-order valence-electron chi connectivity index (χ1n) is 9.68. The van der Waals surface area contributed by atoms with E-state index in [9.17, 15) is 9.59 Å². The molecule has 0 spiro atoms. The fraction of sp³-hybridized carbons (Fsp3) is 0.318. The van der Waals surface area contributed by atoms with Gasteiger partial charge in [-0.1, -0.05) is 18.2 Å². The molecule has 0 bridgehead atoms. The minimum Gasteiger partial charge on any atom is -0.497 e. The first kappa shape index (κ1) is 19.0.